The van der Waals surface area contributed by atoms with Crippen molar-refractivity contribution < 1.29 is 32.7 Å². The molecule has 1 aromatic carbocycles. The summed E-state index contributed by atoms with van der Waals surface area (Å²) in [5.41, 5.74) is 6.88. The van der Waals surface area contributed by atoms with E-state index in [0.717, 1.165) is 4.90 Å². The first-order chi connectivity index (χ1) is 15.4. The number of phosphoric ester groups is 1. The Morgan fingerprint density at radius 1 is 1.34 bits per heavy atom. The molecule has 2 aliphatic heterocycles. The number of nitrogens with zero attached hydrogens (tertiary/aromatic N) is 4. The first-order valence-corrected chi connectivity index (χ1v) is 11.9. The van der Waals surface area contributed by atoms with Crippen LogP contribution in [0.15, 0.2) is 40.6 Å². The second kappa shape index (κ2) is 8.27. The quantitative estimate of drug-likeness (QED) is 0.512. The van der Waals surface area contributed by atoms with E-state index in [1.54, 1.807) is 11.7 Å². The normalized spacial score (nSPS) is 29.8. The molecule has 170 valence electrons. The van der Waals surface area contributed by atoms with Gasteiger partial charge >= 0.3 is 7.82 Å². The summed E-state index contributed by atoms with van der Waals surface area (Å²) in [5, 5.41) is 0.513. The molecule has 3 aromatic rings. The number of fused-ring (bicyclic) bond motifs is 2. The smallest absolute Gasteiger partial charge is 0.472 e. The van der Waals surface area contributed by atoms with E-state index in [1.807, 2.05) is 24.3 Å². The number of hydrogen-bond donors (Lipinski definition) is 2. The van der Waals surface area contributed by atoms with Crippen LogP contribution in [0.4, 0.5) is 5.82 Å². The Kier molecular flexibility index (Phi) is 5.58. The molecule has 3 N–H and O–H groups in total. The van der Waals surface area contributed by atoms with E-state index in [1.165, 1.54) is 25.2 Å². The molecule has 2 fully saturated rings. The van der Waals surface area contributed by atoms with Crippen LogP contribution in [-0.4, -0.2) is 63.6 Å². The van der Waals surface area contributed by atoms with Crippen molar-refractivity contribution in [3.05, 3.63) is 30.6 Å². The van der Waals surface area contributed by atoms with E-state index >= 15 is 0 Å². The van der Waals surface area contributed by atoms with Gasteiger partial charge in [-0.15, -0.1) is 0 Å². The third kappa shape index (κ3) is 3.75. The average Bonchev–Trinajstić information content (AvgIpc) is 3.30. The predicted molar refractivity (Wildman–Crippen MR) is 112 cm³/mol. The molecule has 1 unspecified atom stereocenters. The van der Waals surface area contributed by atoms with Crippen LogP contribution >= 0.6 is 19.6 Å². The van der Waals surface area contributed by atoms with Crippen molar-refractivity contribution in [2.75, 3.05) is 26.6 Å². The second-order valence-electron chi connectivity index (χ2n) is 7.08. The van der Waals surface area contributed by atoms with E-state index < -0.39 is 32.4 Å². The molecule has 0 radical (unpaired) electrons. The van der Waals surface area contributed by atoms with Gasteiger partial charge < -0.3 is 24.8 Å². The summed E-state index contributed by atoms with van der Waals surface area (Å²) in [6.07, 6.45) is -1.61. The maximum atomic E-state index is 12.0. The van der Waals surface area contributed by atoms with Gasteiger partial charge in [-0.1, -0.05) is 17.8 Å². The van der Waals surface area contributed by atoms with E-state index in [9.17, 15) is 9.46 Å². The highest BCUT2D eigenvalue weighted by Gasteiger charge is 2.54. The monoisotopic (exact) mass is 481 g/mol. The van der Waals surface area contributed by atoms with Crippen LogP contribution in [0.1, 0.15) is 6.23 Å². The summed E-state index contributed by atoms with van der Waals surface area (Å²) in [5.74, 6) is 0.907. The largest absolute Gasteiger partial charge is 0.497 e. The van der Waals surface area contributed by atoms with Crippen LogP contribution < -0.4 is 10.5 Å². The van der Waals surface area contributed by atoms with Crippen LogP contribution in [0.3, 0.4) is 0 Å². The number of phosphoric acid groups is 1. The van der Waals surface area contributed by atoms with E-state index in [0.29, 0.717) is 22.1 Å². The molecule has 0 saturated carbocycles. The molecule has 32 heavy (non-hydrogen) atoms. The van der Waals surface area contributed by atoms with Crippen LogP contribution in [0.5, 0.6) is 5.75 Å². The van der Waals surface area contributed by atoms with Crippen molar-refractivity contribution in [3.8, 4) is 5.75 Å². The summed E-state index contributed by atoms with van der Waals surface area (Å²) in [6, 6.07) is 7.48. The third-order valence-electron chi connectivity index (χ3n) is 5.19. The highest BCUT2D eigenvalue weighted by Crippen LogP contribution is 2.53. The van der Waals surface area contributed by atoms with E-state index in [2.05, 4.69) is 15.0 Å². The molecular formula is C18H20N5O7PS. The topological polar surface area (TPSA) is 153 Å². The van der Waals surface area contributed by atoms with Crippen molar-refractivity contribution in [1.29, 1.82) is 0 Å². The van der Waals surface area contributed by atoms with Crippen LogP contribution in [0.25, 0.3) is 11.2 Å². The molecule has 12 nitrogen and oxygen atoms in total. The lowest BCUT2D eigenvalue weighted by Crippen LogP contribution is -2.40. The van der Waals surface area contributed by atoms with Gasteiger partial charge in [0.1, 0.15) is 30.4 Å². The zero-order valence-electron chi connectivity index (χ0n) is 17.0. The van der Waals surface area contributed by atoms with Gasteiger partial charge in [0.2, 0.25) is 0 Å². The highest BCUT2D eigenvalue weighted by atomic mass is 32.2. The van der Waals surface area contributed by atoms with Crippen molar-refractivity contribution in [3.63, 3.8) is 0 Å². The van der Waals surface area contributed by atoms with Crippen molar-refractivity contribution in [1.82, 2.24) is 19.5 Å². The van der Waals surface area contributed by atoms with Gasteiger partial charge in [0.25, 0.3) is 0 Å². The fraction of sp³-hybridized carbons (Fsp3) is 0.389. The molecular weight excluding hydrogens is 461 g/mol. The Bertz CT molecular complexity index is 1210. The third-order valence-corrected chi connectivity index (χ3v) is 7.14. The molecule has 2 saturated heterocycles. The van der Waals surface area contributed by atoms with E-state index in [4.69, 9.17) is 29.0 Å². The molecule has 4 heterocycles. The predicted octanol–water partition coefficient (Wildman–Crippen LogP) is 2.00. The summed E-state index contributed by atoms with van der Waals surface area (Å²) in [4.78, 5) is 23.7. The van der Waals surface area contributed by atoms with Crippen molar-refractivity contribution in [2.45, 2.75) is 34.6 Å². The van der Waals surface area contributed by atoms with Crippen molar-refractivity contribution >= 4 is 36.6 Å². The van der Waals surface area contributed by atoms with Gasteiger partial charge in [0.15, 0.2) is 28.4 Å². The Morgan fingerprint density at radius 3 is 2.97 bits per heavy atom. The molecule has 0 bridgehead atoms. The number of hydrogen-bond acceptors (Lipinski definition) is 11. The minimum absolute atomic E-state index is 0.114. The zero-order valence-corrected chi connectivity index (χ0v) is 18.7. The fourth-order valence-electron chi connectivity index (χ4n) is 3.76. The van der Waals surface area contributed by atoms with Gasteiger partial charge in [-0.05, 0) is 18.2 Å². The standard InChI is InChI=1S/C18H20N5O7PS/c1-26-9-4-3-5-10(6-9)32-18-22-12-15(19)20-8-21-16(12)23(18)17-14(27-2)13-11(29-17)7-28-31(24,25)30-13/h3-6,8,11,13-14,17H,7H2,1-2H3,(H,24,25)(H2,19,20,21)/t11-,13-,14-,17-/m1/s1. The maximum absolute atomic E-state index is 12.0. The zero-order chi connectivity index (χ0) is 22.5. The summed E-state index contributed by atoms with van der Waals surface area (Å²) < 4.78 is 41.0. The molecule has 0 spiro atoms. The minimum atomic E-state index is -4.19. The fourth-order valence-corrected chi connectivity index (χ4v) is 5.68. The van der Waals surface area contributed by atoms with Gasteiger partial charge in [0, 0.05) is 12.0 Å². The Labute approximate surface area is 186 Å². The Balaban J connectivity index is 1.60. The first kappa shape index (κ1) is 21.6. The number of aromatic nitrogens is 4. The molecule has 14 heteroatoms. The highest BCUT2D eigenvalue weighted by molar-refractivity contribution is 7.99. The van der Waals surface area contributed by atoms with Gasteiger partial charge in [-0.25, -0.2) is 19.5 Å². The van der Waals surface area contributed by atoms with Crippen LogP contribution in [0, 0.1) is 0 Å². The molecule has 5 rings (SSSR count). The summed E-state index contributed by atoms with van der Waals surface area (Å²) >= 11 is 1.35. The SMILES string of the molecule is COc1cccc(Sc2nc3c(N)ncnc3n2[C@@H]2O[C@@H]3COP(=O)(O)O[C@H]3[C@H]2OC)c1. The first-order valence-electron chi connectivity index (χ1n) is 9.54. The Morgan fingerprint density at radius 2 is 2.19 bits per heavy atom. The van der Waals surface area contributed by atoms with Crippen LogP contribution in [0.2, 0.25) is 0 Å². The van der Waals surface area contributed by atoms with E-state index in [-0.39, 0.29) is 12.4 Å². The summed E-state index contributed by atoms with van der Waals surface area (Å²) in [7, 11) is -1.13. The molecule has 5 atom stereocenters. The van der Waals surface area contributed by atoms with Gasteiger partial charge in [-0.2, -0.15) is 0 Å². The number of anilines is 1. The number of benzene rings is 1. The Hall–Kier alpha value is -2.25. The van der Waals surface area contributed by atoms with Crippen molar-refractivity contribution in [2.24, 2.45) is 0 Å². The average molecular weight is 481 g/mol. The molecule has 2 aliphatic rings. The molecule has 0 aliphatic carbocycles. The van der Waals surface area contributed by atoms with Gasteiger partial charge in [-0.3, -0.25) is 13.6 Å². The number of nitrogen functional groups attached to an aromatic ring is 1. The number of imidazole rings is 1. The molecule has 2 aromatic heterocycles. The molecule has 0 amide bonds. The number of rotatable bonds is 5. The number of methoxy groups -OCH3 is 2. The summed E-state index contributed by atoms with van der Waals surface area (Å²) in [6.45, 7) is -0.114. The minimum Gasteiger partial charge on any atom is -0.497 e. The lowest BCUT2D eigenvalue weighted by Gasteiger charge is -2.29. The maximum Gasteiger partial charge on any atom is 0.472 e. The lowest BCUT2D eigenvalue weighted by molar-refractivity contribution is -0.0690. The number of ether oxygens (including phenoxy) is 3. The lowest BCUT2D eigenvalue weighted by atomic mass is 10.1. The van der Waals surface area contributed by atoms with Gasteiger partial charge in [0.05, 0.1) is 13.7 Å². The van der Waals surface area contributed by atoms with Crippen LogP contribution in [-0.2, 0) is 23.1 Å². The second-order valence-corrected chi connectivity index (χ2v) is 9.52. The number of nitrogens with two attached hydrogens (primary N) is 1.